The van der Waals surface area contributed by atoms with Gasteiger partial charge in [-0.05, 0) is 19.4 Å². The second-order valence-corrected chi connectivity index (χ2v) is 5.77. The minimum atomic E-state index is -1.30. The highest BCUT2D eigenvalue weighted by Gasteiger charge is 2.39. The van der Waals surface area contributed by atoms with Crippen molar-refractivity contribution in [3.8, 4) is 5.75 Å². The van der Waals surface area contributed by atoms with Crippen LogP contribution in [0.2, 0.25) is 10.0 Å². The van der Waals surface area contributed by atoms with Crippen molar-refractivity contribution in [1.29, 1.82) is 0 Å². The lowest BCUT2D eigenvalue weighted by molar-refractivity contribution is -0.121. The Labute approximate surface area is 144 Å². The number of benzene rings is 1. The van der Waals surface area contributed by atoms with E-state index in [2.05, 4.69) is 5.32 Å². The lowest BCUT2D eigenvalue weighted by Crippen LogP contribution is -2.53. The Morgan fingerprint density at radius 2 is 2.17 bits per heavy atom. The van der Waals surface area contributed by atoms with Gasteiger partial charge in [-0.2, -0.15) is 0 Å². The van der Waals surface area contributed by atoms with Crippen LogP contribution in [0.5, 0.6) is 5.75 Å². The molecule has 1 aliphatic rings. The largest absolute Gasteiger partial charge is 0.547 e. The third kappa shape index (κ3) is 3.73. The molecule has 6 nitrogen and oxygen atoms in total. The van der Waals surface area contributed by atoms with E-state index < -0.39 is 19.0 Å². The first-order chi connectivity index (χ1) is 10.9. The zero-order valence-electron chi connectivity index (χ0n) is 12.7. The zero-order chi connectivity index (χ0) is 17.1. The molecule has 1 heterocycles. The summed E-state index contributed by atoms with van der Waals surface area (Å²) in [5.74, 6) is -1.40. The summed E-state index contributed by atoms with van der Waals surface area (Å²) in [6.07, 6.45) is 0.460. The van der Waals surface area contributed by atoms with Crippen LogP contribution in [0.1, 0.15) is 36.2 Å². The van der Waals surface area contributed by atoms with Crippen LogP contribution in [-0.2, 0) is 16.0 Å². The maximum Gasteiger partial charge on any atom is 0.547 e. The standard InChI is InChI=1S/C14H16BCl2NO5/c1-3-11(19)18-10-6-7-12(17)9(16)5-8(14(20)22-4-2)13(7)23-15(10)21/h5,10,21H,3-4,6H2,1-2H3,(H,18,19)/t10-/m0/s1. The average Bonchev–Trinajstić information content (AvgIpc) is 2.52. The van der Waals surface area contributed by atoms with Crippen molar-refractivity contribution in [2.45, 2.75) is 32.6 Å². The van der Waals surface area contributed by atoms with Gasteiger partial charge < -0.3 is 19.7 Å². The Kier molecular flexibility index (Phi) is 5.78. The van der Waals surface area contributed by atoms with Crippen LogP contribution in [-0.4, -0.2) is 36.6 Å². The first-order valence-electron chi connectivity index (χ1n) is 7.21. The highest BCUT2D eigenvalue weighted by Crippen LogP contribution is 2.40. The van der Waals surface area contributed by atoms with E-state index in [-0.39, 0.29) is 46.7 Å². The molecule has 0 unspecified atom stereocenters. The number of fused-ring (bicyclic) bond motifs is 1. The maximum atomic E-state index is 12.0. The lowest BCUT2D eigenvalue weighted by Gasteiger charge is -2.30. The van der Waals surface area contributed by atoms with Gasteiger partial charge in [0.15, 0.2) is 0 Å². The Hall–Kier alpha value is -1.44. The number of nitrogens with one attached hydrogen (secondary N) is 1. The van der Waals surface area contributed by atoms with Crippen molar-refractivity contribution in [3.63, 3.8) is 0 Å². The van der Waals surface area contributed by atoms with E-state index in [9.17, 15) is 14.6 Å². The minimum absolute atomic E-state index is 0.0931. The van der Waals surface area contributed by atoms with E-state index in [4.69, 9.17) is 32.6 Å². The van der Waals surface area contributed by atoms with Gasteiger partial charge in [-0.3, -0.25) is 4.79 Å². The molecule has 0 fully saturated rings. The summed E-state index contributed by atoms with van der Waals surface area (Å²) in [7, 11) is -1.30. The average molecular weight is 360 g/mol. The topological polar surface area (TPSA) is 84.9 Å². The number of carbonyl (C=O) groups excluding carboxylic acids is 2. The first kappa shape index (κ1) is 17.9. The van der Waals surface area contributed by atoms with Gasteiger partial charge in [0.05, 0.1) is 22.6 Å². The van der Waals surface area contributed by atoms with Crippen LogP contribution in [0.4, 0.5) is 0 Å². The summed E-state index contributed by atoms with van der Waals surface area (Å²) in [6.45, 7) is 3.56. The number of amides is 1. The fourth-order valence-corrected chi connectivity index (χ4v) is 2.73. The molecule has 1 atom stereocenters. The second kappa shape index (κ2) is 7.42. The molecule has 0 aliphatic carbocycles. The van der Waals surface area contributed by atoms with Crippen molar-refractivity contribution in [2.24, 2.45) is 0 Å². The van der Waals surface area contributed by atoms with E-state index in [0.717, 1.165) is 0 Å². The van der Waals surface area contributed by atoms with Crippen molar-refractivity contribution >= 4 is 42.2 Å². The van der Waals surface area contributed by atoms with Crippen LogP contribution in [0.3, 0.4) is 0 Å². The van der Waals surface area contributed by atoms with Gasteiger partial charge in [-0.1, -0.05) is 30.1 Å². The SMILES string of the molecule is CCOC(=O)c1cc(Cl)c(Cl)c2c1OB(O)[C@@H](NC(=O)CC)C2. The van der Waals surface area contributed by atoms with Gasteiger partial charge in [-0.15, -0.1) is 0 Å². The van der Waals surface area contributed by atoms with Gasteiger partial charge in [0.25, 0.3) is 0 Å². The Bertz CT molecular complexity index is 640. The fourth-order valence-electron chi connectivity index (χ4n) is 2.29. The molecule has 124 valence electrons. The molecule has 0 spiro atoms. The highest BCUT2D eigenvalue weighted by atomic mass is 35.5. The normalized spacial score (nSPS) is 16.4. The van der Waals surface area contributed by atoms with E-state index in [1.807, 2.05) is 0 Å². The fraction of sp³-hybridized carbons (Fsp3) is 0.429. The van der Waals surface area contributed by atoms with Crippen LogP contribution in [0, 0.1) is 0 Å². The Balaban J connectivity index is 2.42. The molecule has 1 aromatic rings. The molecule has 2 rings (SSSR count). The molecule has 0 saturated carbocycles. The maximum absolute atomic E-state index is 12.0. The van der Waals surface area contributed by atoms with Gasteiger partial charge in [0, 0.05) is 12.0 Å². The quantitative estimate of drug-likeness (QED) is 0.634. The van der Waals surface area contributed by atoms with Gasteiger partial charge >= 0.3 is 13.1 Å². The Morgan fingerprint density at radius 1 is 1.48 bits per heavy atom. The summed E-state index contributed by atoms with van der Waals surface area (Å²) >= 11 is 12.3. The van der Waals surface area contributed by atoms with Gasteiger partial charge in [-0.25, -0.2) is 4.79 Å². The smallest absolute Gasteiger partial charge is 0.534 e. The monoisotopic (exact) mass is 359 g/mol. The van der Waals surface area contributed by atoms with Gasteiger partial charge in [0.2, 0.25) is 5.91 Å². The van der Waals surface area contributed by atoms with Crippen molar-refractivity contribution in [1.82, 2.24) is 5.32 Å². The molecule has 0 bridgehead atoms. The summed E-state index contributed by atoms with van der Waals surface area (Å²) < 4.78 is 10.4. The van der Waals surface area contributed by atoms with Crippen LogP contribution >= 0.6 is 23.2 Å². The van der Waals surface area contributed by atoms with Crippen molar-refractivity contribution in [2.75, 3.05) is 6.61 Å². The molecule has 1 aromatic carbocycles. The third-order valence-electron chi connectivity index (χ3n) is 3.43. The molecular formula is C14H16BCl2NO5. The van der Waals surface area contributed by atoms with Crippen molar-refractivity contribution < 1.29 is 24.0 Å². The van der Waals surface area contributed by atoms with E-state index >= 15 is 0 Å². The van der Waals surface area contributed by atoms with Gasteiger partial charge in [0.1, 0.15) is 11.3 Å². The predicted octanol–water partition coefficient (Wildman–Crippen LogP) is 2.02. The molecule has 0 radical (unpaired) electrons. The third-order valence-corrected chi connectivity index (χ3v) is 4.26. The van der Waals surface area contributed by atoms with Crippen LogP contribution in [0.25, 0.3) is 0 Å². The molecule has 0 saturated heterocycles. The number of halogens is 2. The number of rotatable bonds is 4. The molecule has 0 aromatic heterocycles. The molecule has 9 heteroatoms. The molecule has 2 N–H and O–H groups in total. The molecule has 23 heavy (non-hydrogen) atoms. The van der Waals surface area contributed by atoms with E-state index in [0.29, 0.717) is 5.56 Å². The first-order valence-corrected chi connectivity index (χ1v) is 7.96. The number of hydrogen-bond acceptors (Lipinski definition) is 5. The number of carbonyl (C=O) groups is 2. The summed E-state index contributed by atoms with van der Waals surface area (Å²) in [6, 6.07) is 1.35. The minimum Gasteiger partial charge on any atom is -0.534 e. The van der Waals surface area contributed by atoms with E-state index in [1.54, 1.807) is 13.8 Å². The predicted molar refractivity (Wildman–Crippen MR) is 86.9 cm³/mol. The zero-order valence-corrected chi connectivity index (χ0v) is 14.2. The number of esters is 1. The van der Waals surface area contributed by atoms with Crippen LogP contribution in [0.15, 0.2) is 6.07 Å². The summed E-state index contributed by atoms with van der Waals surface area (Å²) in [5.41, 5.74) is 0.546. The molecular weight excluding hydrogens is 344 g/mol. The highest BCUT2D eigenvalue weighted by molar-refractivity contribution is 6.48. The number of ether oxygens (including phenoxy) is 1. The number of hydrogen-bond donors (Lipinski definition) is 2. The molecule has 1 amide bonds. The second-order valence-electron chi connectivity index (χ2n) is 4.99. The van der Waals surface area contributed by atoms with Crippen LogP contribution < -0.4 is 9.97 Å². The summed E-state index contributed by atoms with van der Waals surface area (Å²) in [5, 5.41) is 13.1. The van der Waals surface area contributed by atoms with Crippen molar-refractivity contribution in [3.05, 3.63) is 27.2 Å². The van der Waals surface area contributed by atoms with E-state index in [1.165, 1.54) is 6.07 Å². The lowest BCUT2D eigenvalue weighted by atomic mass is 9.72. The Morgan fingerprint density at radius 3 is 2.78 bits per heavy atom. The molecule has 1 aliphatic heterocycles. The summed E-state index contributed by atoms with van der Waals surface area (Å²) in [4.78, 5) is 23.6.